The predicted molar refractivity (Wildman–Crippen MR) is 105 cm³/mol. The van der Waals surface area contributed by atoms with E-state index in [0.29, 0.717) is 9.93 Å². The summed E-state index contributed by atoms with van der Waals surface area (Å²) in [5.41, 5.74) is 0.772. The number of benzene rings is 1. The molecular formula is C18H15ClN2O3S2. The van der Waals surface area contributed by atoms with E-state index in [-0.39, 0.29) is 12.6 Å². The van der Waals surface area contributed by atoms with Gasteiger partial charge in [-0.3, -0.25) is 19.3 Å². The normalized spacial score (nSPS) is 17.0. The van der Waals surface area contributed by atoms with Crippen molar-refractivity contribution < 1.29 is 14.4 Å². The van der Waals surface area contributed by atoms with E-state index in [2.05, 4.69) is 5.32 Å². The molecule has 2 aromatic rings. The lowest BCUT2D eigenvalue weighted by atomic mass is 10.1. The summed E-state index contributed by atoms with van der Waals surface area (Å²) in [6.45, 7) is 1.48. The topological polar surface area (TPSA) is 66.5 Å². The molecule has 1 N–H and O–H groups in total. The molecule has 0 saturated carbocycles. The van der Waals surface area contributed by atoms with E-state index in [1.54, 1.807) is 25.1 Å². The average Bonchev–Trinajstić information content (AvgIpc) is 3.19. The number of thiophene rings is 1. The van der Waals surface area contributed by atoms with Crippen LogP contribution in [-0.4, -0.2) is 28.5 Å². The second-order valence-electron chi connectivity index (χ2n) is 5.59. The molecule has 2 heterocycles. The Morgan fingerprint density at radius 1 is 1.27 bits per heavy atom. The molecule has 0 bridgehead atoms. The third-order valence-corrected chi connectivity index (χ3v) is 5.81. The van der Waals surface area contributed by atoms with Gasteiger partial charge in [-0.15, -0.1) is 11.3 Å². The molecule has 0 radical (unpaired) electrons. The van der Waals surface area contributed by atoms with Crippen molar-refractivity contribution in [2.24, 2.45) is 0 Å². The number of thioether (sulfide) groups is 1. The minimum Gasteiger partial charge on any atom is -0.348 e. The first kappa shape index (κ1) is 18.7. The van der Waals surface area contributed by atoms with Crippen LogP contribution in [0.1, 0.15) is 23.4 Å². The molecule has 26 heavy (non-hydrogen) atoms. The number of nitrogens with one attached hydrogen (secondary N) is 1. The highest BCUT2D eigenvalue weighted by atomic mass is 35.5. The van der Waals surface area contributed by atoms with Gasteiger partial charge in [0, 0.05) is 9.90 Å². The van der Waals surface area contributed by atoms with Gasteiger partial charge in [0.1, 0.15) is 6.54 Å². The SMILES string of the molecule is CC(NC(=O)CN1C(=O)S/C(=C\c2cccs2)C1=O)c1ccccc1Cl. The largest absolute Gasteiger partial charge is 0.348 e. The summed E-state index contributed by atoms with van der Waals surface area (Å²) in [6.07, 6.45) is 1.67. The smallest absolute Gasteiger partial charge is 0.294 e. The van der Waals surface area contributed by atoms with Gasteiger partial charge in [-0.05, 0) is 47.8 Å². The summed E-state index contributed by atoms with van der Waals surface area (Å²) in [7, 11) is 0. The summed E-state index contributed by atoms with van der Waals surface area (Å²) >= 11 is 8.44. The minimum absolute atomic E-state index is 0.318. The minimum atomic E-state index is -0.450. The van der Waals surface area contributed by atoms with E-state index >= 15 is 0 Å². The Morgan fingerprint density at radius 2 is 2.04 bits per heavy atom. The highest BCUT2D eigenvalue weighted by Gasteiger charge is 2.36. The van der Waals surface area contributed by atoms with E-state index in [4.69, 9.17) is 11.6 Å². The molecule has 1 atom stereocenters. The summed E-state index contributed by atoms with van der Waals surface area (Å²) in [5.74, 6) is -0.869. The number of amides is 3. The maximum atomic E-state index is 12.4. The molecule has 1 aromatic heterocycles. The Balaban J connectivity index is 1.65. The first-order chi connectivity index (χ1) is 12.5. The number of hydrogen-bond acceptors (Lipinski definition) is 5. The molecule has 1 aromatic carbocycles. The lowest BCUT2D eigenvalue weighted by Gasteiger charge is -2.18. The fraction of sp³-hybridized carbons (Fsp3) is 0.167. The van der Waals surface area contributed by atoms with Gasteiger partial charge in [0.05, 0.1) is 10.9 Å². The zero-order valence-electron chi connectivity index (χ0n) is 13.8. The first-order valence-electron chi connectivity index (χ1n) is 7.78. The Morgan fingerprint density at radius 3 is 2.73 bits per heavy atom. The van der Waals surface area contributed by atoms with Crippen LogP contribution in [0.2, 0.25) is 5.02 Å². The van der Waals surface area contributed by atoms with Crippen LogP contribution in [0.5, 0.6) is 0 Å². The number of nitrogens with zero attached hydrogens (tertiary/aromatic N) is 1. The first-order valence-corrected chi connectivity index (χ1v) is 9.86. The van der Waals surface area contributed by atoms with Crippen molar-refractivity contribution in [3.8, 4) is 0 Å². The average molecular weight is 407 g/mol. The molecule has 3 amide bonds. The lowest BCUT2D eigenvalue weighted by Crippen LogP contribution is -2.40. The summed E-state index contributed by atoms with van der Waals surface area (Å²) < 4.78 is 0. The molecule has 1 unspecified atom stereocenters. The molecule has 1 aliphatic heterocycles. The van der Waals surface area contributed by atoms with Gasteiger partial charge in [0.25, 0.3) is 11.1 Å². The van der Waals surface area contributed by atoms with Gasteiger partial charge >= 0.3 is 0 Å². The predicted octanol–water partition coefficient (Wildman–Crippen LogP) is 4.32. The Labute approximate surface area is 164 Å². The lowest BCUT2D eigenvalue weighted by molar-refractivity contribution is -0.129. The number of halogens is 1. The number of imide groups is 1. The van der Waals surface area contributed by atoms with E-state index in [9.17, 15) is 14.4 Å². The molecule has 5 nitrogen and oxygen atoms in total. The van der Waals surface area contributed by atoms with Crippen molar-refractivity contribution in [2.75, 3.05) is 6.54 Å². The van der Waals surface area contributed by atoms with Gasteiger partial charge in [-0.25, -0.2) is 0 Å². The highest BCUT2D eigenvalue weighted by molar-refractivity contribution is 8.18. The maximum Gasteiger partial charge on any atom is 0.294 e. The van der Waals surface area contributed by atoms with Crippen molar-refractivity contribution in [3.63, 3.8) is 0 Å². The molecule has 0 spiro atoms. The highest BCUT2D eigenvalue weighted by Crippen LogP contribution is 2.32. The van der Waals surface area contributed by atoms with Crippen LogP contribution in [0.15, 0.2) is 46.7 Å². The van der Waals surface area contributed by atoms with E-state index in [1.165, 1.54) is 11.3 Å². The van der Waals surface area contributed by atoms with E-state index in [0.717, 1.165) is 27.1 Å². The van der Waals surface area contributed by atoms with Crippen molar-refractivity contribution >= 4 is 57.8 Å². The fourth-order valence-electron chi connectivity index (χ4n) is 2.47. The molecular weight excluding hydrogens is 392 g/mol. The number of carbonyl (C=O) groups excluding carboxylic acids is 3. The second-order valence-corrected chi connectivity index (χ2v) is 7.97. The molecule has 1 saturated heterocycles. The van der Waals surface area contributed by atoms with Gasteiger partial charge in [0.15, 0.2) is 0 Å². The van der Waals surface area contributed by atoms with Gasteiger partial charge in [-0.2, -0.15) is 0 Å². The summed E-state index contributed by atoms with van der Waals surface area (Å²) in [6, 6.07) is 10.6. The second kappa shape index (κ2) is 8.07. The molecule has 1 fully saturated rings. The quantitative estimate of drug-likeness (QED) is 0.751. The van der Waals surface area contributed by atoms with Crippen molar-refractivity contribution in [2.45, 2.75) is 13.0 Å². The van der Waals surface area contributed by atoms with Crippen molar-refractivity contribution in [1.82, 2.24) is 10.2 Å². The van der Waals surface area contributed by atoms with Crippen LogP contribution >= 0.6 is 34.7 Å². The van der Waals surface area contributed by atoms with Gasteiger partial charge < -0.3 is 5.32 Å². The monoisotopic (exact) mass is 406 g/mol. The van der Waals surface area contributed by atoms with Crippen LogP contribution in [0.25, 0.3) is 6.08 Å². The maximum absolute atomic E-state index is 12.4. The number of rotatable bonds is 5. The zero-order chi connectivity index (χ0) is 18.7. The van der Waals surface area contributed by atoms with Crippen molar-refractivity contribution in [3.05, 3.63) is 62.1 Å². The van der Waals surface area contributed by atoms with Gasteiger partial charge in [-0.1, -0.05) is 35.9 Å². The van der Waals surface area contributed by atoms with Crippen LogP contribution in [0.3, 0.4) is 0 Å². The van der Waals surface area contributed by atoms with Crippen molar-refractivity contribution in [1.29, 1.82) is 0 Å². The van der Waals surface area contributed by atoms with E-state index < -0.39 is 17.1 Å². The molecule has 0 aliphatic carbocycles. The Hall–Kier alpha value is -2.09. The molecule has 8 heteroatoms. The zero-order valence-corrected chi connectivity index (χ0v) is 16.2. The van der Waals surface area contributed by atoms with E-state index in [1.807, 2.05) is 29.6 Å². The van der Waals surface area contributed by atoms with Crippen LogP contribution < -0.4 is 5.32 Å². The van der Waals surface area contributed by atoms with Crippen LogP contribution in [0.4, 0.5) is 4.79 Å². The van der Waals surface area contributed by atoms with Gasteiger partial charge in [0.2, 0.25) is 5.91 Å². The van der Waals surface area contributed by atoms with Crippen LogP contribution in [-0.2, 0) is 9.59 Å². The number of carbonyl (C=O) groups is 3. The Bertz CT molecular complexity index is 880. The molecule has 134 valence electrons. The third kappa shape index (κ3) is 4.17. The fourth-order valence-corrected chi connectivity index (χ4v) is 4.33. The van der Waals surface area contributed by atoms with Crippen LogP contribution in [0, 0.1) is 0 Å². The standard InChI is InChI=1S/C18H15ClN2O3S2/c1-11(13-6-2-3-7-14(13)19)20-16(22)10-21-17(23)15(26-18(21)24)9-12-5-4-8-25-12/h2-9,11H,10H2,1H3,(H,20,22)/b15-9-. The molecule has 3 rings (SSSR count). The number of hydrogen-bond donors (Lipinski definition) is 1. The Kier molecular flexibility index (Phi) is 5.80. The summed E-state index contributed by atoms with van der Waals surface area (Å²) in [5, 5.41) is 4.76. The third-order valence-electron chi connectivity index (χ3n) is 3.74. The molecule has 1 aliphatic rings. The summed E-state index contributed by atoms with van der Waals surface area (Å²) in [4.78, 5) is 38.9.